The van der Waals surface area contributed by atoms with Gasteiger partial charge in [-0.25, -0.2) is 0 Å². The molecule has 0 aromatic heterocycles. The first-order chi connectivity index (χ1) is 6.52. The number of nitrogens with two attached hydrogens (primary N) is 1. The van der Waals surface area contributed by atoms with Crippen LogP contribution in [0.25, 0.3) is 0 Å². The quantitative estimate of drug-likeness (QED) is 0.701. The Kier molecular flexibility index (Phi) is 3.89. The van der Waals surface area contributed by atoms with Crippen LogP contribution in [-0.2, 0) is 9.53 Å². The van der Waals surface area contributed by atoms with Gasteiger partial charge in [-0.3, -0.25) is 4.79 Å². The minimum atomic E-state index is -0.140. The second-order valence-corrected chi connectivity index (χ2v) is 4.42. The van der Waals surface area contributed by atoms with E-state index in [1.807, 2.05) is 7.05 Å². The van der Waals surface area contributed by atoms with Crippen molar-refractivity contribution in [1.29, 1.82) is 0 Å². The summed E-state index contributed by atoms with van der Waals surface area (Å²) in [4.78, 5) is 13.6. The molecule has 1 aliphatic heterocycles. The van der Waals surface area contributed by atoms with E-state index in [0.29, 0.717) is 19.1 Å². The van der Waals surface area contributed by atoms with Crippen LogP contribution >= 0.6 is 0 Å². The van der Waals surface area contributed by atoms with Crippen molar-refractivity contribution in [2.75, 3.05) is 26.8 Å². The smallest absolute Gasteiger partial charge is 0.229 e. The summed E-state index contributed by atoms with van der Waals surface area (Å²) in [5.74, 6) is 0.463. The van der Waals surface area contributed by atoms with E-state index < -0.39 is 0 Å². The number of amides is 1. The van der Waals surface area contributed by atoms with Crippen molar-refractivity contribution < 1.29 is 9.53 Å². The van der Waals surface area contributed by atoms with Crippen LogP contribution in [0.2, 0.25) is 0 Å². The molecule has 1 amide bonds. The van der Waals surface area contributed by atoms with Crippen molar-refractivity contribution in [2.24, 2.45) is 17.6 Å². The Bertz CT molecular complexity index is 206. The van der Waals surface area contributed by atoms with Crippen LogP contribution in [0.4, 0.5) is 0 Å². The van der Waals surface area contributed by atoms with Gasteiger partial charge >= 0.3 is 0 Å². The SMILES string of the molecule is CC(C)CN(C)C(=O)C1COCC1N. The van der Waals surface area contributed by atoms with Crippen LogP contribution in [0, 0.1) is 11.8 Å². The van der Waals surface area contributed by atoms with Gasteiger partial charge in [-0.15, -0.1) is 0 Å². The summed E-state index contributed by atoms with van der Waals surface area (Å²) >= 11 is 0. The maximum atomic E-state index is 11.9. The topological polar surface area (TPSA) is 55.6 Å². The van der Waals surface area contributed by atoms with Crippen LogP contribution < -0.4 is 5.73 Å². The van der Waals surface area contributed by atoms with E-state index in [1.165, 1.54) is 0 Å². The van der Waals surface area contributed by atoms with E-state index in [9.17, 15) is 4.79 Å². The van der Waals surface area contributed by atoms with Gasteiger partial charge in [-0.1, -0.05) is 13.8 Å². The van der Waals surface area contributed by atoms with E-state index in [1.54, 1.807) is 4.90 Å². The Morgan fingerprint density at radius 2 is 2.21 bits per heavy atom. The fourth-order valence-electron chi connectivity index (χ4n) is 1.75. The van der Waals surface area contributed by atoms with Gasteiger partial charge in [-0.2, -0.15) is 0 Å². The fraction of sp³-hybridized carbons (Fsp3) is 0.900. The zero-order valence-electron chi connectivity index (χ0n) is 9.19. The maximum absolute atomic E-state index is 11.9. The molecule has 4 nitrogen and oxygen atoms in total. The van der Waals surface area contributed by atoms with Crippen LogP contribution in [0.3, 0.4) is 0 Å². The highest BCUT2D eigenvalue weighted by Crippen LogP contribution is 2.14. The molecule has 0 saturated carbocycles. The zero-order valence-corrected chi connectivity index (χ0v) is 9.19. The summed E-state index contributed by atoms with van der Waals surface area (Å²) in [5, 5.41) is 0. The molecular weight excluding hydrogens is 180 g/mol. The van der Waals surface area contributed by atoms with Crippen molar-refractivity contribution in [3.8, 4) is 0 Å². The molecule has 82 valence electrons. The Balaban J connectivity index is 2.47. The predicted molar refractivity (Wildman–Crippen MR) is 54.8 cm³/mol. The summed E-state index contributed by atoms with van der Waals surface area (Å²) in [6.07, 6.45) is 0. The second kappa shape index (κ2) is 4.75. The number of ether oxygens (including phenoxy) is 1. The lowest BCUT2D eigenvalue weighted by atomic mass is 10.0. The number of carbonyl (C=O) groups is 1. The molecule has 14 heavy (non-hydrogen) atoms. The molecule has 2 unspecified atom stereocenters. The zero-order chi connectivity index (χ0) is 10.7. The molecule has 1 rings (SSSR count). The standard InChI is InChI=1S/C10H20N2O2/c1-7(2)4-12(3)10(13)8-5-14-6-9(8)11/h7-9H,4-6,11H2,1-3H3. The van der Waals surface area contributed by atoms with Crippen molar-refractivity contribution >= 4 is 5.91 Å². The van der Waals surface area contributed by atoms with Gasteiger partial charge in [-0.05, 0) is 5.92 Å². The van der Waals surface area contributed by atoms with Crippen molar-refractivity contribution in [3.63, 3.8) is 0 Å². The van der Waals surface area contributed by atoms with Crippen LogP contribution in [0.1, 0.15) is 13.8 Å². The normalized spacial score (nSPS) is 26.9. The lowest BCUT2D eigenvalue weighted by molar-refractivity contribution is -0.134. The minimum absolute atomic E-state index is 0.115. The summed E-state index contributed by atoms with van der Waals surface area (Å²) in [7, 11) is 1.83. The Morgan fingerprint density at radius 1 is 1.57 bits per heavy atom. The van der Waals surface area contributed by atoms with E-state index in [-0.39, 0.29) is 17.9 Å². The highest BCUT2D eigenvalue weighted by atomic mass is 16.5. The van der Waals surface area contributed by atoms with Gasteiger partial charge < -0.3 is 15.4 Å². The van der Waals surface area contributed by atoms with Crippen LogP contribution in [0.15, 0.2) is 0 Å². The van der Waals surface area contributed by atoms with Crippen molar-refractivity contribution in [2.45, 2.75) is 19.9 Å². The molecule has 0 radical (unpaired) electrons. The third-order valence-corrected chi connectivity index (χ3v) is 2.46. The molecular formula is C10H20N2O2. The molecule has 4 heteroatoms. The first-order valence-corrected chi connectivity index (χ1v) is 5.10. The number of hydrogen-bond acceptors (Lipinski definition) is 3. The van der Waals surface area contributed by atoms with Gasteiger partial charge in [0.15, 0.2) is 0 Å². The molecule has 2 N–H and O–H groups in total. The van der Waals surface area contributed by atoms with Crippen molar-refractivity contribution in [3.05, 3.63) is 0 Å². The minimum Gasteiger partial charge on any atom is -0.379 e. The molecule has 0 bridgehead atoms. The Hall–Kier alpha value is -0.610. The third kappa shape index (κ3) is 2.69. The molecule has 0 aromatic rings. The fourth-order valence-corrected chi connectivity index (χ4v) is 1.75. The second-order valence-electron chi connectivity index (χ2n) is 4.42. The molecule has 1 saturated heterocycles. The average Bonchev–Trinajstić information content (AvgIpc) is 2.48. The summed E-state index contributed by atoms with van der Waals surface area (Å²) in [5.41, 5.74) is 5.78. The van der Waals surface area contributed by atoms with Gasteiger partial charge in [0.1, 0.15) is 0 Å². The molecule has 1 aliphatic rings. The van der Waals surface area contributed by atoms with Crippen LogP contribution in [0.5, 0.6) is 0 Å². The molecule has 0 aromatic carbocycles. The maximum Gasteiger partial charge on any atom is 0.229 e. The lowest BCUT2D eigenvalue weighted by Crippen LogP contribution is -2.43. The van der Waals surface area contributed by atoms with E-state index >= 15 is 0 Å². The first-order valence-electron chi connectivity index (χ1n) is 5.10. The van der Waals surface area contributed by atoms with Crippen LogP contribution in [-0.4, -0.2) is 43.7 Å². The Morgan fingerprint density at radius 3 is 2.64 bits per heavy atom. The first kappa shape index (κ1) is 11.5. The molecule has 1 fully saturated rings. The number of hydrogen-bond donors (Lipinski definition) is 1. The van der Waals surface area contributed by atoms with Gasteiger partial charge in [0.2, 0.25) is 5.91 Å². The highest BCUT2D eigenvalue weighted by molar-refractivity contribution is 5.79. The molecule has 1 heterocycles. The summed E-state index contributed by atoms with van der Waals surface area (Å²) in [6.45, 7) is 5.94. The number of carbonyl (C=O) groups excluding carboxylic acids is 1. The van der Waals surface area contributed by atoms with Gasteiger partial charge in [0, 0.05) is 19.6 Å². The Labute approximate surface area is 85.4 Å². The van der Waals surface area contributed by atoms with Crippen molar-refractivity contribution in [1.82, 2.24) is 4.90 Å². The molecule has 0 aliphatic carbocycles. The van der Waals surface area contributed by atoms with Gasteiger partial charge in [0.25, 0.3) is 0 Å². The third-order valence-electron chi connectivity index (χ3n) is 2.46. The number of nitrogens with zero attached hydrogens (tertiary/aromatic N) is 1. The largest absolute Gasteiger partial charge is 0.379 e. The molecule has 2 atom stereocenters. The lowest BCUT2D eigenvalue weighted by Gasteiger charge is -2.23. The summed E-state index contributed by atoms with van der Waals surface area (Å²) in [6, 6.07) is -0.128. The molecule has 0 spiro atoms. The van der Waals surface area contributed by atoms with Gasteiger partial charge in [0.05, 0.1) is 19.1 Å². The van der Waals surface area contributed by atoms with E-state index in [0.717, 1.165) is 6.54 Å². The average molecular weight is 200 g/mol. The number of rotatable bonds is 3. The predicted octanol–water partition coefficient (Wildman–Crippen LogP) is 0.0745. The highest BCUT2D eigenvalue weighted by Gasteiger charge is 2.33. The summed E-state index contributed by atoms with van der Waals surface area (Å²) < 4.78 is 5.17. The van der Waals surface area contributed by atoms with E-state index in [4.69, 9.17) is 10.5 Å². The monoisotopic (exact) mass is 200 g/mol. The van der Waals surface area contributed by atoms with E-state index in [2.05, 4.69) is 13.8 Å².